The monoisotopic (exact) mass is 175 g/mol. The maximum Gasteiger partial charge on any atom is 0.0638 e. The highest BCUT2D eigenvalue weighted by molar-refractivity contribution is 7.75. The van der Waals surface area contributed by atoms with Crippen molar-refractivity contribution < 1.29 is 0 Å². The van der Waals surface area contributed by atoms with E-state index in [-0.39, 0.29) is 0 Å². The van der Waals surface area contributed by atoms with Crippen molar-refractivity contribution in [2.75, 3.05) is 19.0 Å². The summed E-state index contributed by atoms with van der Waals surface area (Å²) in [5, 5.41) is 0. The third kappa shape index (κ3) is 3.56. The van der Waals surface area contributed by atoms with Gasteiger partial charge in [-0.2, -0.15) is 0 Å². The molecule has 0 aliphatic heterocycles. The molecule has 1 heteroatoms. The van der Waals surface area contributed by atoms with Gasteiger partial charge in [-0.25, -0.2) is 0 Å². The summed E-state index contributed by atoms with van der Waals surface area (Å²) >= 11 is 0. The molecule has 0 N–H and O–H groups in total. The lowest BCUT2D eigenvalue weighted by Gasteiger charge is -2.25. The molecule has 0 radical (unpaired) electrons. The Morgan fingerprint density at radius 3 is 2.00 bits per heavy atom. The fourth-order valence-electron chi connectivity index (χ4n) is 1.30. The Bertz CT molecular complexity index is 99.0. The molecule has 0 aromatic rings. The Kier molecular flexibility index (Phi) is 5.34. The van der Waals surface area contributed by atoms with Crippen LogP contribution in [0.3, 0.4) is 0 Å². The lowest BCUT2D eigenvalue weighted by atomic mass is 10.4. The second-order valence-corrected chi connectivity index (χ2v) is 9.04. The third-order valence-corrected chi connectivity index (χ3v) is 8.27. The molecule has 0 aromatic carbocycles. The standard InChI is InChI=1S/C10H24P/c1-6-8-9-11(5,7-2)10(3)4/h10H,6-9H2,1-5H3/q+1. The quantitative estimate of drug-likeness (QED) is 0.556. The summed E-state index contributed by atoms with van der Waals surface area (Å²) in [4.78, 5) is 0. The van der Waals surface area contributed by atoms with E-state index < -0.39 is 7.26 Å². The minimum Gasteiger partial charge on any atom is -0.0652 e. The topological polar surface area (TPSA) is 0 Å². The maximum absolute atomic E-state index is 2.54. The van der Waals surface area contributed by atoms with Crippen molar-refractivity contribution in [2.24, 2.45) is 0 Å². The average molecular weight is 175 g/mol. The van der Waals surface area contributed by atoms with Gasteiger partial charge in [0, 0.05) is 13.9 Å². The van der Waals surface area contributed by atoms with Gasteiger partial charge in [0.15, 0.2) is 0 Å². The van der Waals surface area contributed by atoms with Crippen molar-refractivity contribution >= 4 is 7.26 Å². The molecule has 0 aromatic heterocycles. The van der Waals surface area contributed by atoms with E-state index in [1.807, 2.05) is 0 Å². The van der Waals surface area contributed by atoms with Gasteiger partial charge in [-0.15, -0.1) is 0 Å². The van der Waals surface area contributed by atoms with Crippen LogP contribution in [-0.2, 0) is 0 Å². The van der Waals surface area contributed by atoms with Gasteiger partial charge in [-0.05, 0) is 27.2 Å². The lowest BCUT2D eigenvalue weighted by molar-refractivity contribution is 0.876. The molecule has 0 fully saturated rings. The van der Waals surface area contributed by atoms with Crippen molar-refractivity contribution in [3.8, 4) is 0 Å². The molecule has 0 saturated carbocycles. The van der Waals surface area contributed by atoms with Crippen LogP contribution < -0.4 is 0 Å². The molecule has 11 heavy (non-hydrogen) atoms. The lowest BCUT2D eigenvalue weighted by Crippen LogP contribution is -2.10. The summed E-state index contributed by atoms with van der Waals surface area (Å²) in [6.07, 6.45) is 5.75. The van der Waals surface area contributed by atoms with Crippen molar-refractivity contribution in [1.29, 1.82) is 0 Å². The van der Waals surface area contributed by atoms with Gasteiger partial charge in [0.05, 0.1) is 18.0 Å². The van der Waals surface area contributed by atoms with Crippen LogP contribution in [0.1, 0.15) is 40.5 Å². The third-order valence-electron chi connectivity index (χ3n) is 2.99. The molecule has 0 nitrogen and oxygen atoms in total. The Morgan fingerprint density at radius 1 is 1.18 bits per heavy atom. The van der Waals surface area contributed by atoms with Gasteiger partial charge in [0.25, 0.3) is 0 Å². The molecular weight excluding hydrogens is 151 g/mol. The van der Waals surface area contributed by atoms with Gasteiger partial charge < -0.3 is 0 Å². The molecule has 0 rings (SSSR count). The normalized spacial score (nSPS) is 16.9. The Morgan fingerprint density at radius 2 is 1.73 bits per heavy atom. The minimum atomic E-state index is -0.539. The zero-order chi connectivity index (χ0) is 8.91. The second-order valence-electron chi connectivity index (χ2n) is 3.97. The number of rotatable bonds is 5. The zero-order valence-electron chi connectivity index (χ0n) is 8.85. The Labute approximate surface area is 73.1 Å². The van der Waals surface area contributed by atoms with E-state index in [4.69, 9.17) is 0 Å². The van der Waals surface area contributed by atoms with E-state index in [1.165, 1.54) is 25.2 Å². The van der Waals surface area contributed by atoms with Gasteiger partial charge in [0.2, 0.25) is 0 Å². The maximum atomic E-state index is 2.54. The molecule has 1 atom stereocenters. The van der Waals surface area contributed by atoms with E-state index in [0.29, 0.717) is 0 Å². The summed E-state index contributed by atoms with van der Waals surface area (Å²) in [7, 11) is -0.539. The molecule has 1 unspecified atom stereocenters. The van der Waals surface area contributed by atoms with Crippen molar-refractivity contribution in [2.45, 2.75) is 46.2 Å². The van der Waals surface area contributed by atoms with E-state index in [1.54, 1.807) is 0 Å². The summed E-state index contributed by atoms with van der Waals surface area (Å²) in [6, 6.07) is 0. The number of hydrogen-bond donors (Lipinski definition) is 0. The zero-order valence-corrected chi connectivity index (χ0v) is 9.75. The predicted molar refractivity (Wildman–Crippen MR) is 58.3 cm³/mol. The average Bonchev–Trinajstić information content (AvgIpc) is 2.00. The number of unbranched alkanes of at least 4 members (excludes halogenated alkanes) is 1. The summed E-state index contributed by atoms with van der Waals surface area (Å²) in [6.45, 7) is 12.0. The SMILES string of the molecule is CCCC[P+](C)(CC)C(C)C. The van der Waals surface area contributed by atoms with Crippen LogP contribution in [0.5, 0.6) is 0 Å². The molecule has 0 heterocycles. The van der Waals surface area contributed by atoms with Gasteiger partial charge in [-0.3, -0.25) is 0 Å². The van der Waals surface area contributed by atoms with Gasteiger partial charge in [0.1, 0.15) is 0 Å². The highest BCUT2D eigenvalue weighted by Gasteiger charge is 2.32. The molecule has 0 bridgehead atoms. The van der Waals surface area contributed by atoms with Crippen LogP contribution in [0.15, 0.2) is 0 Å². The van der Waals surface area contributed by atoms with Crippen molar-refractivity contribution in [3.05, 3.63) is 0 Å². The molecule has 0 saturated heterocycles. The van der Waals surface area contributed by atoms with E-state index >= 15 is 0 Å². The highest BCUT2D eigenvalue weighted by Crippen LogP contribution is 2.59. The minimum absolute atomic E-state index is 0.539. The molecule has 68 valence electrons. The molecule has 0 aliphatic rings. The van der Waals surface area contributed by atoms with Gasteiger partial charge in [-0.1, -0.05) is 13.3 Å². The molecule has 0 spiro atoms. The first kappa shape index (κ1) is 11.4. The van der Waals surface area contributed by atoms with Crippen LogP contribution in [-0.4, -0.2) is 24.6 Å². The van der Waals surface area contributed by atoms with Gasteiger partial charge >= 0.3 is 0 Å². The van der Waals surface area contributed by atoms with E-state index in [9.17, 15) is 0 Å². The first-order chi connectivity index (χ1) is 5.06. The second kappa shape index (κ2) is 5.14. The first-order valence-electron chi connectivity index (χ1n) is 4.91. The molecular formula is C10H24P+. The van der Waals surface area contributed by atoms with Crippen LogP contribution in [0.25, 0.3) is 0 Å². The van der Waals surface area contributed by atoms with Crippen LogP contribution in [0.2, 0.25) is 0 Å². The summed E-state index contributed by atoms with van der Waals surface area (Å²) in [5.74, 6) is 0. The van der Waals surface area contributed by atoms with Crippen LogP contribution >= 0.6 is 7.26 Å². The largest absolute Gasteiger partial charge is 0.0652 e. The molecule has 0 amide bonds. The van der Waals surface area contributed by atoms with E-state index in [2.05, 4.69) is 34.4 Å². The Balaban J connectivity index is 3.88. The van der Waals surface area contributed by atoms with Crippen molar-refractivity contribution in [1.82, 2.24) is 0 Å². The fraction of sp³-hybridized carbons (Fsp3) is 1.00. The highest BCUT2D eigenvalue weighted by atomic mass is 31.2. The number of hydrogen-bond acceptors (Lipinski definition) is 0. The Hall–Kier alpha value is 0.430. The fourth-order valence-corrected chi connectivity index (χ4v) is 3.90. The smallest absolute Gasteiger partial charge is 0.0638 e. The summed E-state index contributed by atoms with van der Waals surface area (Å²) in [5.41, 5.74) is 0.944. The summed E-state index contributed by atoms with van der Waals surface area (Å²) < 4.78 is 0. The predicted octanol–water partition coefficient (Wildman–Crippen LogP) is 3.86. The van der Waals surface area contributed by atoms with E-state index in [0.717, 1.165) is 5.66 Å². The van der Waals surface area contributed by atoms with Crippen LogP contribution in [0, 0.1) is 0 Å². The van der Waals surface area contributed by atoms with Crippen LogP contribution in [0.4, 0.5) is 0 Å². The van der Waals surface area contributed by atoms with Crippen molar-refractivity contribution in [3.63, 3.8) is 0 Å². The molecule has 0 aliphatic carbocycles. The first-order valence-corrected chi connectivity index (χ1v) is 7.58.